The van der Waals surface area contributed by atoms with E-state index in [1.807, 2.05) is 20.8 Å². The number of benzene rings is 1. The number of hydrogen-bond donors (Lipinski definition) is 1. The van der Waals surface area contributed by atoms with Crippen molar-refractivity contribution >= 4 is 12.0 Å². The number of carbonyl (C=O) groups excluding carboxylic acids is 2. The fraction of sp³-hybridized carbons (Fsp3) is 0.529. The third-order valence-corrected chi connectivity index (χ3v) is 3.48. The van der Waals surface area contributed by atoms with Gasteiger partial charge in [-0.25, -0.2) is 9.18 Å². The molecule has 1 aromatic rings. The minimum atomic E-state index is -0.527. The largest absolute Gasteiger partial charge is 0.444 e. The molecule has 1 aromatic carbocycles. The Hall–Kier alpha value is -2.11. The molecule has 0 radical (unpaired) electrons. The molecule has 126 valence electrons. The molecule has 1 fully saturated rings. The third kappa shape index (κ3) is 5.54. The predicted octanol–water partition coefficient (Wildman–Crippen LogP) is 2.49. The molecule has 0 saturated carbocycles. The number of carbonyl (C=O) groups is 2. The summed E-state index contributed by atoms with van der Waals surface area (Å²) >= 11 is 0. The van der Waals surface area contributed by atoms with Gasteiger partial charge in [0.2, 0.25) is 5.91 Å². The summed E-state index contributed by atoms with van der Waals surface area (Å²) in [6.07, 6.45) is 0.547. The summed E-state index contributed by atoms with van der Waals surface area (Å²) in [4.78, 5) is 25.6. The molecule has 1 saturated heterocycles. The maximum Gasteiger partial charge on any atom is 0.410 e. The van der Waals surface area contributed by atoms with Crippen molar-refractivity contribution in [3.63, 3.8) is 0 Å². The van der Waals surface area contributed by atoms with Crippen LogP contribution in [-0.4, -0.2) is 41.6 Å². The van der Waals surface area contributed by atoms with Crippen LogP contribution in [0.1, 0.15) is 32.8 Å². The SMILES string of the molecule is CC(C)(C)OC(=O)N1CC[C@@H](NC(=O)Cc2ccc(F)cc2)C1. The first kappa shape index (κ1) is 17.2. The lowest BCUT2D eigenvalue weighted by Gasteiger charge is -2.24. The van der Waals surface area contributed by atoms with E-state index < -0.39 is 5.60 Å². The van der Waals surface area contributed by atoms with E-state index in [-0.39, 0.29) is 30.3 Å². The molecule has 2 amide bonds. The molecular weight excluding hydrogens is 299 g/mol. The van der Waals surface area contributed by atoms with Gasteiger partial charge in [-0.1, -0.05) is 12.1 Å². The first-order valence-corrected chi connectivity index (χ1v) is 7.75. The van der Waals surface area contributed by atoms with Gasteiger partial charge in [0.25, 0.3) is 0 Å². The average molecular weight is 322 g/mol. The van der Waals surface area contributed by atoms with E-state index in [0.29, 0.717) is 19.5 Å². The van der Waals surface area contributed by atoms with Gasteiger partial charge in [0.05, 0.1) is 6.42 Å². The molecule has 2 rings (SSSR count). The van der Waals surface area contributed by atoms with E-state index in [1.165, 1.54) is 12.1 Å². The Balaban J connectivity index is 1.79. The summed E-state index contributed by atoms with van der Waals surface area (Å²) in [5, 5.41) is 2.91. The van der Waals surface area contributed by atoms with Crippen LogP contribution in [0.5, 0.6) is 0 Å². The zero-order valence-corrected chi connectivity index (χ0v) is 13.8. The van der Waals surface area contributed by atoms with Crippen molar-refractivity contribution in [2.75, 3.05) is 13.1 Å². The van der Waals surface area contributed by atoms with Gasteiger partial charge >= 0.3 is 6.09 Å². The summed E-state index contributed by atoms with van der Waals surface area (Å²) < 4.78 is 18.2. The highest BCUT2D eigenvalue weighted by atomic mass is 19.1. The second-order valence-corrected chi connectivity index (χ2v) is 6.78. The first-order chi connectivity index (χ1) is 10.7. The Bertz CT molecular complexity index is 566. The standard InChI is InChI=1S/C17H23FN2O3/c1-17(2,3)23-16(22)20-9-8-14(11-20)19-15(21)10-12-4-6-13(18)7-5-12/h4-7,14H,8-11H2,1-3H3,(H,19,21)/t14-/m1/s1. The molecule has 1 atom stereocenters. The molecule has 0 aromatic heterocycles. The fourth-order valence-corrected chi connectivity index (χ4v) is 2.44. The van der Waals surface area contributed by atoms with Gasteiger partial charge in [-0.15, -0.1) is 0 Å². The first-order valence-electron chi connectivity index (χ1n) is 7.75. The molecule has 1 heterocycles. The normalized spacial score (nSPS) is 17.9. The maximum atomic E-state index is 12.8. The van der Waals surface area contributed by atoms with Gasteiger partial charge in [0.15, 0.2) is 0 Å². The van der Waals surface area contributed by atoms with Crippen molar-refractivity contribution < 1.29 is 18.7 Å². The topological polar surface area (TPSA) is 58.6 Å². The molecule has 0 bridgehead atoms. The van der Waals surface area contributed by atoms with Crippen molar-refractivity contribution in [1.29, 1.82) is 0 Å². The molecule has 1 N–H and O–H groups in total. The minimum Gasteiger partial charge on any atom is -0.444 e. The average Bonchev–Trinajstić information content (AvgIpc) is 2.88. The van der Waals surface area contributed by atoms with Crippen molar-refractivity contribution in [2.24, 2.45) is 0 Å². The van der Waals surface area contributed by atoms with E-state index in [1.54, 1.807) is 17.0 Å². The van der Waals surface area contributed by atoms with Crippen LogP contribution in [0.3, 0.4) is 0 Å². The summed E-state index contributed by atoms with van der Waals surface area (Å²) in [5.74, 6) is -0.453. The highest BCUT2D eigenvalue weighted by Crippen LogP contribution is 2.15. The minimum absolute atomic E-state index is 0.0736. The smallest absolute Gasteiger partial charge is 0.410 e. The summed E-state index contributed by atoms with van der Waals surface area (Å²) in [6, 6.07) is 5.79. The number of nitrogens with one attached hydrogen (secondary N) is 1. The Morgan fingerprint density at radius 3 is 2.57 bits per heavy atom. The van der Waals surface area contributed by atoms with Gasteiger partial charge in [0, 0.05) is 19.1 Å². The number of hydrogen-bond acceptors (Lipinski definition) is 3. The van der Waals surface area contributed by atoms with E-state index in [0.717, 1.165) is 5.56 Å². The summed E-state index contributed by atoms with van der Waals surface area (Å²) in [7, 11) is 0. The predicted molar refractivity (Wildman–Crippen MR) is 84.5 cm³/mol. The van der Waals surface area contributed by atoms with E-state index in [9.17, 15) is 14.0 Å². The number of rotatable bonds is 3. The quantitative estimate of drug-likeness (QED) is 0.930. The molecule has 1 aliphatic heterocycles. The zero-order valence-electron chi connectivity index (χ0n) is 13.8. The van der Waals surface area contributed by atoms with Crippen molar-refractivity contribution in [3.8, 4) is 0 Å². The van der Waals surface area contributed by atoms with Crippen LogP contribution in [0.15, 0.2) is 24.3 Å². The second kappa shape index (κ2) is 6.98. The van der Waals surface area contributed by atoms with E-state index >= 15 is 0 Å². The maximum absolute atomic E-state index is 12.8. The highest BCUT2D eigenvalue weighted by molar-refractivity contribution is 5.79. The lowest BCUT2D eigenvalue weighted by atomic mass is 10.1. The van der Waals surface area contributed by atoms with Crippen LogP contribution in [0, 0.1) is 5.82 Å². The number of likely N-dealkylation sites (tertiary alicyclic amines) is 1. The molecule has 0 spiro atoms. The van der Waals surface area contributed by atoms with Gasteiger partial charge in [-0.3, -0.25) is 4.79 Å². The Morgan fingerprint density at radius 2 is 1.96 bits per heavy atom. The van der Waals surface area contributed by atoms with Crippen molar-refractivity contribution in [1.82, 2.24) is 10.2 Å². The van der Waals surface area contributed by atoms with Crippen LogP contribution in [0.2, 0.25) is 0 Å². The van der Waals surface area contributed by atoms with Crippen LogP contribution < -0.4 is 5.32 Å². The Labute approximate surface area is 135 Å². The highest BCUT2D eigenvalue weighted by Gasteiger charge is 2.30. The number of amides is 2. The lowest BCUT2D eigenvalue weighted by Crippen LogP contribution is -2.40. The van der Waals surface area contributed by atoms with Crippen molar-refractivity contribution in [3.05, 3.63) is 35.6 Å². The monoisotopic (exact) mass is 322 g/mol. The summed E-state index contributed by atoms with van der Waals surface area (Å²) in [6.45, 7) is 6.48. The Kier molecular flexibility index (Phi) is 5.23. The Morgan fingerprint density at radius 1 is 1.30 bits per heavy atom. The van der Waals surface area contributed by atoms with Crippen LogP contribution in [-0.2, 0) is 16.0 Å². The van der Waals surface area contributed by atoms with Gasteiger partial charge < -0.3 is 15.0 Å². The van der Waals surface area contributed by atoms with E-state index in [4.69, 9.17) is 4.74 Å². The summed E-state index contributed by atoms with van der Waals surface area (Å²) in [5.41, 5.74) is 0.229. The molecule has 5 nitrogen and oxygen atoms in total. The van der Waals surface area contributed by atoms with E-state index in [2.05, 4.69) is 5.32 Å². The number of ether oxygens (including phenoxy) is 1. The molecule has 23 heavy (non-hydrogen) atoms. The van der Waals surface area contributed by atoms with Crippen LogP contribution in [0.4, 0.5) is 9.18 Å². The van der Waals surface area contributed by atoms with Crippen LogP contribution >= 0.6 is 0 Å². The van der Waals surface area contributed by atoms with Gasteiger partial charge in [0.1, 0.15) is 11.4 Å². The molecular formula is C17H23FN2O3. The lowest BCUT2D eigenvalue weighted by molar-refractivity contribution is -0.121. The van der Waals surface area contributed by atoms with Crippen LogP contribution in [0.25, 0.3) is 0 Å². The van der Waals surface area contributed by atoms with Gasteiger partial charge in [-0.05, 0) is 44.9 Å². The number of halogens is 1. The van der Waals surface area contributed by atoms with Crippen molar-refractivity contribution in [2.45, 2.75) is 45.3 Å². The molecule has 1 aliphatic rings. The molecule has 6 heteroatoms. The zero-order chi connectivity index (χ0) is 17.0. The molecule has 0 aliphatic carbocycles. The fourth-order valence-electron chi connectivity index (χ4n) is 2.44. The second-order valence-electron chi connectivity index (χ2n) is 6.78. The third-order valence-electron chi connectivity index (χ3n) is 3.48. The number of nitrogens with zero attached hydrogens (tertiary/aromatic N) is 1. The molecule has 0 unspecified atom stereocenters. The van der Waals surface area contributed by atoms with Gasteiger partial charge in [-0.2, -0.15) is 0 Å².